The van der Waals surface area contributed by atoms with Crippen molar-refractivity contribution in [2.24, 2.45) is 4.99 Å². The fourth-order valence-electron chi connectivity index (χ4n) is 4.23. The zero-order valence-electron chi connectivity index (χ0n) is 18.5. The third kappa shape index (κ3) is 4.31. The normalized spacial score (nSPS) is 21.3. The van der Waals surface area contributed by atoms with Crippen molar-refractivity contribution in [3.63, 3.8) is 0 Å². The largest absolute Gasteiger partial charge is 0.466 e. The molecule has 4 rings (SSSR count). The smallest absolute Gasteiger partial charge is 0.338 e. The molecule has 32 heavy (non-hydrogen) atoms. The topological polar surface area (TPSA) is 65.5 Å². The Kier molecular flexibility index (Phi) is 6.93. The van der Waals surface area contributed by atoms with Gasteiger partial charge in [0.25, 0.3) is 0 Å². The van der Waals surface area contributed by atoms with Crippen LogP contribution in [-0.4, -0.2) is 72.1 Å². The van der Waals surface area contributed by atoms with Crippen LogP contribution >= 0.6 is 23.4 Å². The van der Waals surface area contributed by atoms with E-state index in [2.05, 4.69) is 11.9 Å². The minimum absolute atomic E-state index is 0.0778. The first-order valence-electron chi connectivity index (χ1n) is 10.7. The van der Waals surface area contributed by atoms with Gasteiger partial charge in [0.1, 0.15) is 0 Å². The number of piperazine rings is 1. The van der Waals surface area contributed by atoms with E-state index in [1.807, 2.05) is 46.4 Å². The molecule has 0 bridgehead atoms. The Bertz CT molecular complexity index is 1010. The van der Waals surface area contributed by atoms with Gasteiger partial charge in [-0.1, -0.05) is 48.5 Å². The lowest BCUT2D eigenvalue weighted by atomic mass is 9.92. The molecule has 0 radical (unpaired) electrons. The Labute approximate surface area is 197 Å². The molecule has 0 saturated carbocycles. The van der Waals surface area contributed by atoms with Gasteiger partial charge in [0.2, 0.25) is 5.91 Å². The van der Waals surface area contributed by atoms with Crippen molar-refractivity contribution in [1.82, 2.24) is 14.7 Å². The summed E-state index contributed by atoms with van der Waals surface area (Å²) in [5.41, 5.74) is 2.75. The maximum absolute atomic E-state index is 13.1. The van der Waals surface area contributed by atoms with E-state index in [0.717, 1.165) is 42.6 Å². The monoisotopic (exact) mass is 474 g/mol. The molecule has 1 fully saturated rings. The van der Waals surface area contributed by atoms with Crippen molar-refractivity contribution in [2.45, 2.75) is 25.8 Å². The first kappa shape index (κ1) is 22.9. The van der Waals surface area contributed by atoms with Crippen LogP contribution in [0.1, 0.15) is 31.4 Å². The molecule has 1 atom stereocenters. The summed E-state index contributed by atoms with van der Waals surface area (Å²) >= 11 is 8.07. The number of thioether (sulfide) groups is 1. The third-order valence-electron chi connectivity index (χ3n) is 6.02. The number of benzene rings is 1. The van der Waals surface area contributed by atoms with Gasteiger partial charge in [-0.05, 0) is 30.5 Å². The highest BCUT2D eigenvalue weighted by atomic mass is 35.5. The fraction of sp³-hybridized carbons (Fsp3) is 0.435. The lowest BCUT2D eigenvalue weighted by Gasteiger charge is -2.38. The fourth-order valence-corrected chi connectivity index (χ4v) is 5.40. The van der Waals surface area contributed by atoms with Crippen molar-refractivity contribution < 1.29 is 14.3 Å². The molecule has 0 aliphatic carbocycles. The highest BCUT2D eigenvalue weighted by molar-refractivity contribution is 8.16. The second-order valence-electron chi connectivity index (χ2n) is 7.98. The first-order valence-corrected chi connectivity index (χ1v) is 12.0. The predicted molar refractivity (Wildman–Crippen MR) is 127 cm³/mol. The van der Waals surface area contributed by atoms with Gasteiger partial charge in [0.05, 0.1) is 30.8 Å². The number of methoxy groups -OCH3 is 1. The zero-order chi connectivity index (χ0) is 22.8. The number of hydrogen-bond donors (Lipinski definition) is 0. The van der Waals surface area contributed by atoms with E-state index in [1.165, 1.54) is 18.9 Å². The second kappa shape index (κ2) is 9.68. The van der Waals surface area contributed by atoms with E-state index < -0.39 is 12.0 Å². The SMILES string of the molecule is CCC1=C(C(=O)OC)C(c2ccccc2Cl)N2C(CC(=O)N3CCN(C)CC3)=CSC2=N1. The number of ether oxygens (including phenoxy) is 1. The lowest BCUT2D eigenvalue weighted by Crippen LogP contribution is -2.47. The summed E-state index contributed by atoms with van der Waals surface area (Å²) in [7, 11) is 3.44. The molecule has 0 aromatic heterocycles. The molecule has 1 saturated heterocycles. The van der Waals surface area contributed by atoms with E-state index in [-0.39, 0.29) is 12.3 Å². The summed E-state index contributed by atoms with van der Waals surface area (Å²) in [6.07, 6.45) is 0.825. The van der Waals surface area contributed by atoms with Crippen LogP contribution in [0.25, 0.3) is 0 Å². The number of nitrogens with zero attached hydrogens (tertiary/aromatic N) is 4. The molecule has 3 aliphatic heterocycles. The van der Waals surface area contributed by atoms with E-state index in [0.29, 0.717) is 22.7 Å². The van der Waals surface area contributed by atoms with Crippen molar-refractivity contribution in [1.29, 1.82) is 0 Å². The van der Waals surface area contributed by atoms with Crippen LogP contribution in [0.3, 0.4) is 0 Å². The van der Waals surface area contributed by atoms with Gasteiger partial charge in [0, 0.05) is 36.9 Å². The number of allylic oxidation sites excluding steroid dienone is 1. The molecule has 0 spiro atoms. The van der Waals surface area contributed by atoms with E-state index >= 15 is 0 Å². The maximum atomic E-state index is 13.1. The molecule has 0 N–H and O–H groups in total. The summed E-state index contributed by atoms with van der Waals surface area (Å²) in [5, 5.41) is 3.27. The lowest BCUT2D eigenvalue weighted by molar-refractivity contribution is -0.136. The number of likely N-dealkylation sites (N-methyl/N-ethyl adjacent to an activating group) is 1. The predicted octanol–water partition coefficient (Wildman–Crippen LogP) is 3.64. The molecule has 1 amide bonds. The van der Waals surface area contributed by atoms with E-state index in [1.54, 1.807) is 0 Å². The van der Waals surface area contributed by atoms with Gasteiger partial charge < -0.3 is 19.4 Å². The molecular weight excluding hydrogens is 448 g/mol. The number of esters is 1. The molecule has 170 valence electrons. The molecule has 1 unspecified atom stereocenters. The van der Waals surface area contributed by atoms with Gasteiger partial charge in [-0.25, -0.2) is 9.79 Å². The van der Waals surface area contributed by atoms with Crippen LogP contribution in [0.4, 0.5) is 0 Å². The number of hydrogen-bond acceptors (Lipinski definition) is 7. The minimum atomic E-state index is -0.500. The average Bonchev–Trinajstić information content (AvgIpc) is 3.20. The number of carbonyl (C=O) groups excluding carboxylic acids is 2. The Balaban J connectivity index is 1.70. The van der Waals surface area contributed by atoms with E-state index in [9.17, 15) is 9.59 Å². The van der Waals surface area contributed by atoms with Crippen molar-refractivity contribution in [2.75, 3.05) is 40.3 Å². The molecule has 3 heterocycles. The number of halogens is 1. The average molecular weight is 475 g/mol. The Hall–Kier alpha value is -2.29. The minimum Gasteiger partial charge on any atom is -0.466 e. The summed E-state index contributed by atoms with van der Waals surface area (Å²) in [5.74, 6) is -0.356. The van der Waals surface area contributed by atoms with Crippen LogP contribution in [0.2, 0.25) is 5.02 Å². The van der Waals surface area contributed by atoms with Crippen molar-refractivity contribution in [3.8, 4) is 0 Å². The number of amidine groups is 1. The maximum Gasteiger partial charge on any atom is 0.338 e. The first-order chi connectivity index (χ1) is 15.4. The molecule has 7 nitrogen and oxygen atoms in total. The molecular formula is C23H27ClN4O3S. The van der Waals surface area contributed by atoms with Crippen LogP contribution in [-0.2, 0) is 14.3 Å². The van der Waals surface area contributed by atoms with Crippen LogP contribution in [0, 0.1) is 0 Å². The summed E-state index contributed by atoms with van der Waals surface area (Å²) < 4.78 is 5.14. The van der Waals surface area contributed by atoms with Crippen LogP contribution in [0.15, 0.2) is 51.6 Å². The molecule has 3 aliphatic rings. The van der Waals surface area contributed by atoms with Gasteiger partial charge in [0.15, 0.2) is 5.17 Å². The number of aliphatic imine (C=N–C) groups is 1. The van der Waals surface area contributed by atoms with E-state index in [4.69, 9.17) is 21.3 Å². The Morgan fingerprint density at radius 1 is 1.22 bits per heavy atom. The van der Waals surface area contributed by atoms with Crippen molar-refractivity contribution in [3.05, 3.63) is 57.2 Å². The molecule has 9 heteroatoms. The zero-order valence-corrected chi connectivity index (χ0v) is 20.1. The summed E-state index contributed by atoms with van der Waals surface area (Å²) in [6.45, 7) is 5.14. The second-order valence-corrected chi connectivity index (χ2v) is 9.23. The number of rotatable bonds is 5. The number of fused-ring (bicyclic) bond motifs is 1. The Morgan fingerprint density at radius 2 is 1.94 bits per heavy atom. The van der Waals surface area contributed by atoms with Gasteiger partial charge in [-0.15, -0.1) is 0 Å². The van der Waals surface area contributed by atoms with Crippen LogP contribution < -0.4 is 0 Å². The molecule has 1 aromatic rings. The highest BCUT2D eigenvalue weighted by Gasteiger charge is 2.42. The number of carbonyl (C=O) groups is 2. The molecule has 1 aromatic carbocycles. The van der Waals surface area contributed by atoms with Gasteiger partial charge in [-0.2, -0.15) is 0 Å². The van der Waals surface area contributed by atoms with Gasteiger partial charge in [-0.3, -0.25) is 4.79 Å². The van der Waals surface area contributed by atoms with Gasteiger partial charge >= 0.3 is 5.97 Å². The summed E-state index contributed by atoms with van der Waals surface area (Å²) in [4.78, 5) is 36.9. The Morgan fingerprint density at radius 3 is 2.59 bits per heavy atom. The summed E-state index contributed by atoms with van der Waals surface area (Å²) in [6, 6.07) is 6.98. The van der Waals surface area contributed by atoms with Crippen molar-refractivity contribution >= 4 is 40.4 Å². The quantitative estimate of drug-likeness (QED) is 0.607. The standard InChI is InChI=1S/C23H27ClN4O3S/c1-4-18-20(22(30)31-3)21(16-7-5-6-8-17(16)24)28-15(14-32-23(28)25-18)13-19(29)27-11-9-26(2)10-12-27/h5-8,14,21H,4,9-13H2,1-3H3. The highest BCUT2D eigenvalue weighted by Crippen LogP contribution is 2.46. The van der Waals surface area contributed by atoms with Crippen LogP contribution in [0.5, 0.6) is 0 Å². The third-order valence-corrected chi connectivity index (χ3v) is 7.25. The number of amides is 1.